The largest absolute Gasteiger partial charge is 0.368 e. The average Bonchev–Trinajstić information content (AvgIpc) is 2.27. The SMILES string of the molecule is CC(C)Cc1ccc(NCC(C)CN)nn1. The Hall–Kier alpha value is -1.16. The Balaban J connectivity index is 2.45. The molecule has 1 unspecified atom stereocenters. The highest BCUT2D eigenvalue weighted by molar-refractivity contribution is 5.32. The molecule has 1 aromatic rings. The van der Waals surface area contributed by atoms with Crippen molar-refractivity contribution in [1.82, 2.24) is 10.2 Å². The Kier molecular flexibility index (Phi) is 5.19. The fourth-order valence-electron chi connectivity index (χ4n) is 1.34. The van der Waals surface area contributed by atoms with E-state index in [-0.39, 0.29) is 0 Å². The third-order valence-electron chi connectivity index (χ3n) is 2.37. The van der Waals surface area contributed by atoms with Gasteiger partial charge in [-0.15, -0.1) is 5.10 Å². The fraction of sp³-hybridized carbons (Fsp3) is 0.667. The van der Waals surface area contributed by atoms with E-state index in [1.807, 2.05) is 12.1 Å². The molecule has 0 aromatic carbocycles. The van der Waals surface area contributed by atoms with Crippen LogP contribution in [0.15, 0.2) is 12.1 Å². The van der Waals surface area contributed by atoms with Crippen molar-refractivity contribution in [2.24, 2.45) is 17.6 Å². The maximum absolute atomic E-state index is 5.54. The molecule has 4 heteroatoms. The summed E-state index contributed by atoms with van der Waals surface area (Å²) in [6.45, 7) is 7.99. The minimum absolute atomic E-state index is 0.456. The van der Waals surface area contributed by atoms with E-state index in [1.165, 1.54) is 0 Å². The van der Waals surface area contributed by atoms with Crippen molar-refractivity contribution in [3.63, 3.8) is 0 Å². The van der Waals surface area contributed by atoms with E-state index < -0.39 is 0 Å². The molecule has 16 heavy (non-hydrogen) atoms. The molecular formula is C12H22N4. The molecule has 0 aliphatic rings. The molecule has 0 bridgehead atoms. The number of anilines is 1. The average molecular weight is 222 g/mol. The van der Waals surface area contributed by atoms with E-state index in [0.29, 0.717) is 18.4 Å². The van der Waals surface area contributed by atoms with Crippen LogP contribution in [0.4, 0.5) is 5.82 Å². The third kappa shape index (κ3) is 4.57. The normalized spacial score (nSPS) is 12.8. The monoisotopic (exact) mass is 222 g/mol. The van der Waals surface area contributed by atoms with Crippen LogP contribution in [0.3, 0.4) is 0 Å². The summed E-state index contributed by atoms with van der Waals surface area (Å²) in [5.41, 5.74) is 6.59. The number of aromatic nitrogens is 2. The Morgan fingerprint density at radius 2 is 2.00 bits per heavy atom. The molecule has 0 radical (unpaired) electrons. The van der Waals surface area contributed by atoms with Crippen molar-refractivity contribution < 1.29 is 0 Å². The first-order valence-electron chi connectivity index (χ1n) is 5.88. The second-order valence-corrected chi connectivity index (χ2v) is 4.73. The summed E-state index contributed by atoms with van der Waals surface area (Å²) in [7, 11) is 0. The molecule has 0 fully saturated rings. The van der Waals surface area contributed by atoms with Crippen LogP contribution in [0.1, 0.15) is 26.5 Å². The van der Waals surface area contributed by atoms with Gasteiger partial charge in [-0.25, -0.2) is 0 Å². The Morgan fingerprint density at radius 3 is 2.50 bits per heavy atom. The van der Waals surface area contributed by atoms with Crippen molar-refractivity contribution in [3.8, 4) is 0 Å². The van der Waals surface area contributed by atoms with Crippen LogP contribution in [-0.2, 0) is 6.42 Å². The van der Waals surface area contributed by atoms with E-state index in [1.54, 1.807) is 0 Å². The molecule has 0 aliphatic carbocycles. The second-order valence-electron chi connectivity index (χ2n) is 4.73. The number of nitrogens with zero attached hydrogens (tertiary/aromatic N) is 2. The van der Waals surface area contributed by atoms with Gasteiger partial charge in [0, 0.05) is 6.54 Å². The minimum atomic E-state index is 0.456. The molecule has 0 saturated heterocycles. The molecule has 0 spiro atoms. The Bertz CT molecular complexity index is 294. The summed E-state index contributed by atoms with van der Waals surface area (Å²) in [5, 5.41) is 11.5. The number of nitrogens with two attached hydrogens (primary N) is 1. The zero-order chi connectivity index (χ0) is 12.0. The van der Waals surface area contributed by atoms with Crippen molar-refractivity contribution in [2.75, 3.05) is 18.4 Å². The van der Waals surface area contributed by atoms with Gasteiger partial charge >= 0.3 is 0 Å². The lowest BCUT2D eigenvalue weighted by Crippen LogP contribution is -2.20. The molecule has 0 saturated carbocycles. The highest BCUT2D eigenvalue weighted by atomic mass is 15.2. The molecule has 1 rings (SSSR count). The van der Waals surface area contributed by atoms with Gasteiger partial charge in [0.25, 0.3) is 0 Å². The van der Waals surface area contributed by atoms with Crippen LogP contribution in [0, 0.1) is 11.8 Å². The highest BCUT2D eigenvalue weighted by Crippen LogP contribution is 2.07. The topological polar surface area (TPSA) is 63.8 Å². The predicted octanol–water partition coefficient (Wildman–Crippen LogP) is 1.68. The number of nitrogens with one attached hydrogen (secondary N) is 1. The van der Waals surface area contributed by atoms with Crippen molar-refractivity contribution in [2.45, 2.75) is 27.2 Å². The van der Waals surface area contributed by atoms with Gasteiger partial charge < -0.3 is 11.1 Å². The molecule has 4 nitrogen and oxygen atoms in total. The van der Waals surface area contributed by atoms with Crippen LogP contribution in [0.25, 0.3) is 0 Å². The van der Waals surface area contributed by atoms with Gasteiger partial charge in [0.05, 0.1) is 5.69 Å². The quantitative estimate of drug-likeness (QED) is 0.768. The first-order chi connectivity index (χ1) is 7.61. The lowest BCUT2D eigenvalue weighted by molar-refractivity contribution is 0.620. The maximum Gasteiger partial charge on any atom is 0.148 e. The highest BCUT2D eigenvalue weighted by Gasteiger charge is 2.02. The van der Waals surface area contributed by atoms with Gasteiger partial charge in [0.15, 0.2) is 0 Å². The van der Waals surface area contributed by atoms with Crippen molar-refractivity contribution in [3.05, 3.63) is 17.8 Å². The zero-order valence-corrected chi connectivity index (χ0v) is 10.4. The number of hydrogen-bond donors (Lipinski definition) is 2. The molecule has 1 heterocycles. The van der Waals surface area contributed by atoms with Gasteiger partial charge in [-0.05, 0) is 36.9 Å². The molecule has 1 aromatic heterocycles. The Labute approximate surface area is 97.6 Å². The van der Waals surface area contributed by atoms with Gasteiger partial charge in [0.1, 0.15) is 5.82 Å². The van der Waals surface area contributed by atoms with Gasteiger partial charge in [0.2, 0.25) is 0 Å². The summed E-state index contributed by atoms with van der Waals surface area (Å²) < 4.78 is 0. The van der Waals surface area contributed by atoms with E-state index in [0.717, 1.165) is 24.5 Å². The molecular weight excluding hydrogens is 200 g/mol. The molecule has 0 aliphatic heterocycles. The zero-order valence-electron chi connectivity index (χ0n) is 10.4. The van der Waals surface area contributed by atoms with Crippen LogP contribution in [0.5, 0.6) is 0 Å². The van der Waals surface area contributed by atoms with E-state index in [4.69, 9.17) is 5.73 Å². The molecule has 1 atom stereocenters. The first-order valence-corrected chi connectivity index (χ1v) is 5.88. The van der Waals surface area contributed by atoms with Crippen LogP contribution >= 0.6 is 0 Å². The maximum atomic E-state index is 5.54. The van der Waals surface area contributed by atoms with Crippen LogP contribution in [0.2, 0.25) is 0 Å². The van der Waals surface area contributed by atoms with Crippen molar-refractivity contribution in [1.29, 1.82) is 0 Å². The van der Waals surface area contributed by atoms with Gasteiger partial charge in [-0.2, -0.15) is 5.10 Å². The standard InChI is InChI=1S/C12H22N4/c1-9(2)6-11-4-5-12(16-15-11)14-8-10(3)7-13/h4-5,9-10H,6-8,13H2,1-3H3,(H,14,16). The van der Waals surface area contributed by atoms with Crippen LogP contribution < -0.4 is 11.1 Å². The summed E-state index contributed by atoms with van der Waals surface area (Å²) in [6.07, 6.45) is 0.979. The van der Waals surface area contributed by atoms with Gasteiger partial charge in [-0.1, -0.05) is 20.8 Å². The van der Waals surface area contributed by atoms with E-state index >= 15 is 0 Å². The summed E-state index contributed by atoms with van der Waals surface area (Å²) in [4.78, 5) is 0. The molecule has 90 valence electrons. The van der Waals surface area contributed by atoms with Gasteiger partial charge in [-0.3, -0.25) is 0 Å². The summed E-state index contributed by atoms with van der Waals surface area (Å²) in [6, 6.07) is 4.01. The smallest absolute Gasteiger partial charge is 0.148 e. The van der Waals surface area contributed by atoms with Crippen molar-refractivity contribution >= 4 is 5.82 Å². The minimum Gasteiger partial charge on any atom is -0.368 e. The number of rotatable bonds is 6. The molecule has 3 N–H and O–H groups in total. The third-order valence-corrected chi connectivity index (χ3v) is 2.37. The fourth-order valence-corrected chi connectivity index (χ4v) is 1.34. The van der Waals surface area contributed by atoms with E-state index in [2.05, 4.69) is 36.3 Å². The van der Waals surface area contributed by atoms with Crippen LogP contribution in [-0.4, -0.2) is 23.3 Å². The lowest BCUT2D eigenvalue weighted by atomic mass is 10.1. The predicted molar refractivity (Wildman–Crippen MR) is 67.3 cm³/mol. The first kappa shape index (κ1) is 12.9. The van der Waals surface area contributed by atoms with E-state index in [9.17, 15) is 0 Å². The summed E-state index contributed by atoms with van der Waals surface area (Å²) in [5.74, 6) is 1.90. The Morgan fingerprint density at radius 1 is 1.25 bits per heavy atom. The second kappa shape index (κ2) is 6.43. The number of hydrogen-bond acceptors (Lipinski definition) is 4. The molecule has 0 amide bonds. The summed E-state index contributed by atoms with van der Waals surface area (Å²) >= 11 is 0. The lowest BCUT2D eigenvalue weighted by Gasteiger charge is -2.10.